The Morgan fingerprint density at radius 3 is 2.68 bits per heavy atom. The Morgan fingerprint density at radius 1 is 1.16 bits per heavy atom. The SMILES string of the molecule is O=C1COc2cc(C(=O)NS(=O)(=O)c3cc(Cl)ccc3Cl)ccc2N1. The fourth-order valence-electron chi connectivity index (χ4n) is 2.13. The van der Waals surface area contributed by atoms with E-state index in [0.29, 0.717) is 5.69 Å². The topological polar surface area (TPSA) is 102 Å². The van der Waals surface area contributed by atoms with E-state index in [2.05, 4.69) is 5.32 Å². The molecule has 0 atom stereocenters. The molecule has 1 heterocycles. The molecule has 0 unspecified atom stereocenters. The third-order valence-electron chi connectivity index (χ3n) is 3.29. The van der Waals surface area contributed by atoms with E-state index < -0.39 is 15.9 Å². The fourth-order valence-corrected chi connectivity index (χ4v) is 3.87. The van der Waals surface area contributed by atoms with Crippen molar-refractivity contribution in [3.8, 4) is 5.75 Å². The summed E-state index contributed by atoms with van der Waals surface area (Å²) in [5.41, 5.74) is 0.435. The van der Waals surface area contributed by atoms with Crippen molar-refractivity contribution in [1.29, 1.82) is 0 Å². The highest BCUT2D eigenvalue weighted by Crippen LogP contribution is 2.29. The minimum atomic E-state index is -4.22. The van der Waals surface area contributed by atoms with E-state index >= 15 is 0 Å². The summed E-state index contributed by atoms with van der Waals surface area (Å²) < 4.78 is 31.8. The van der Waals surface area contributed by atoms with Crippen molar-refractivity contribution in [3.05, 3.63) is 52.0 Å². The lowest BCUT2D eigenvalue weighted by Crippen LogP contribution is -2.31. The minimum absolute atomic E-state index is 0.0385. The monoisotopic (exact) mass is 400 g/mol. The first kappa shape index (κ1) is 17.5. The molecule has 10 heteroatoms. The fraction of sp³-hybridized carbons (Fsp3) is 0.0667. The van der Waals surface area contributed by atoms with Crippen LogP contribution in [0.5, 0.6) is 5.75 Å². The van der Waals surface area contributed by atoms with Crippen molar-refractivity contribution in [2.75, 3.05) is 11.9 Å². The van der Waals surface area contributed by atoms with Gasteiger partial charge in [-0.1, -0.05) is 23.2 Å². The minimum Gasteiger partial charge on any atom is -0.482 e. The van der Waals surface area contributed by atoms with Crippen LogP contribution in [0.1, 0.15) is 10.4 Å². The van der Waals surface area contributed by atoms with E-state index in [1.165, 1.54) is 30.3 Å². The van der Waals surface area contributed by atoms with Gasteiger partial charge in [0.15, 0.2) is 6.61 Å². The quantitative estimate of drug-likeness (QED) is 0.823. The Bertz CT molecular complexity index is 991. The van der Waals surface area contributed by atoms with Crippen molar-refractivity contribution >= 4 is 50.7 Å². The van der Waals surface area contributed by atoms with Crippen LogP contribution in [0.25, 0.3) is 0 Å². The van der Waals surface area contributed by atoms with Crippen molar-refractivity contribution < 1.29 is 22.7 Å². The number of benzene rings is 2. The lowest BCUT2D eigenvalue weighted by atomic mass is 10.1. The van der Waals surface area contributed by atoms with Crippen LogP contribution >= 0.6 is 23.2 Å². The van der Waals surface area contributed by atoms with E-state index in [1.54, 1.807) is 0 Å². The summed E-state index contributed by atoms with van der Waals surface area (Å²) in [6.07, 6.45) is 0. The number of carbonyl (C=O) groups is 2. The third-order valence-corrected chi connectivity index (χ3v) is 5.33. The number of ether oxygens (including phenoxy) is 1. The zero-order valence-electron chi connectivity index (χ0n) is 12.4. The molecule has 3 rings (SSSR count). The second-order valence-corrected chi connectivity index (χ2v) is 7.55. The summed E-state index contributed by atoms with van der Waals surface area (Å²) >= 11 is 11.7. The van der Waals surface area contributed by atoms with Crippen LogP contribution in [0.2, 0.25) is 10.0 Å². The maximum absolute atomic E-state index is 12.4. The Hall–Kier alpha value is -2.29. The average molecular weight is 401 g/mol. The molecule has 1 aliphatic heterocycles. The number of hydrogen-bond acceptors (Lipinski definition) is 5. The smallest absolute Gasteiger partial charge is 0.265 e. The van der Waals surface area contributed by atoms with Crippen LogP contribution in [0.4, 0.5) is 5.69 Å². The molecule has 0 bridgehead atoms. The van der Waals surface area contributed by atoms with Gasteiger partial charge in [-0.3, -0.25) is 9.59 Å². The standard InChI is InChI=1S/C15H10Cl2N2O5S/c16-9-2-3-10(17)13(6-9)25(22,23)19-15(21)8-1-4-11-12(5-8)24-7-14(20)18-11/h1-6H,7H2,(H,18,20)(H,19,21). The molecule has 2 aromatic rings. The van der Waals surface area contributed by atoms with E-state index in [-0.39, 0.29) is 38.8 Å². The number of sulfonamides is 1. The van der Waals surface area contributed by atoms with Gasteiger partial charge in [-0.25, -0.2) is 13.1 Å². The van der Waals surface area contributed by atoms with Gasteiger partial charge < -0.3 is 10.1 Å². The first-order valence-electron chi connectivity index (χ1n) is 6.85. The van der Waals surface area contributed by atoms with Crippen LogP contribution in [-0.2, 0) is 14.8 Å². The Morgan fingerprint density at radius 2 is 1.92 bits per heavy atom. The lowest BCUT2D eigenvalue weighted by Gasteiger charge is -2.18. The number of carbonyl (C=O) groups excluding carboxylic acids is 2. The van der Waals surface area contributed by atoms with Gasteiger partial charge in [0, 0.05) is 10.6 Å². The predicted octanol–water partition coefficient (Wildman–Crippen LogP) is 2.44. The summed E-state index contributed by atoms with van der Waals surface area (Å²) in [6, 6.07) is 8.03. The summed E-state index contributed by atoms with van der Waals surface area (Å²) in [5.74, 6) is -0.923. The maximum atomic E-state index is 12.4. The number of rotatable bonds is 3. The molecule has 0 aromatic heterocycles. The average Bonchev–Trinajstić information content (AvgIpc) is 2.56. The molecule has 0 fully saturated rings. The van der Waals surface area contributed by atoms with Crippen molar-refractivity contribution in [1.82, 2.24) is 4.72 Å². The van der Waals surface area contributed by atoms with Crippen LogP contribution in [-0.4, -0.2) is 26.8 Å². The normalized spacial score (nSPS) is 13.4. The molecule has 25 heavy (non-hydrogen) atoms. The summed E-state index contributed by atoms with van der Waals surface area (Å²) in [6.45, 7) is -0.186. The summed E-state index contributed by atoms with van der Waals surface area (Å²) in [4.78, 5) is 23.2. The van der Waals surface area contributed by atoms with E-state index in [9.17, 15) is 18.0 Å². The molecule has 130 valence electrons. The zero-order chi connectivity index (χ0) is 18.2. The van der Waals surface area contributed by atoms with Crippen LogP contribution in [0, 0.1) is 0 Å². The number of nitrogens with one attached hydrogen (secondary N) is 2. The lowest BCUT2D eigenvalue weighted by molar-refractivity contribution is -0.118. The summed E-state index contributed by atoms with van der Waals surface area (Å²) in [7, 11) is -4.22. The van der Waals surface area contributed by atoms with Gasteiger partial charge in [-0.05, 0) is 36.4 Å². The highest BCUT2D eigenvalue weighted by Gasteiger charge is 2.23. The van der Waals surface area contributed by atoms with Crippen molar-refractivity contribution in [2.24, 2.45) is 0 Å². The van der Waals surface area contributed by atoms with Gasteiger partial charge in [-0.2, -0.15) is 0 Å². The number of amides is 2. The molecule has 2 N–H and O–H groups in total. The zero-order valence-corrected chi connectivity index (χ0v) is 14.7. The van der Waals surface area contributed by atoms with Gasteiger partial charge >= 0.3 is 0 Å². The van der Waals surface area contributed by atoms with Crippen molar-refractivity contribution in [2.45, 2.75) is 4.90 Å². The van der Waals surface area contributed by atoms with Gasteiger partial charge in [0.2, 0.25) is 0 Å². The molecule has 2 aromatic carbocycles. The number of halogens is 2. The highest BCUT2D eigenvalue weighted by molar-refractivity contribution is 7.90. The van der Waals surface area contributed by atoms with Crippen LogP contribution in [0.3, 0.4) is 0 Å². The van der Waals surface area contributed by atoms with Gasteiger partial charge in [0.1, 0.15) is 10.6 Å². The van der Waals surface area contributed by atoms with Gasteiger partial charge in [0.25, 0.3) is 21.8 Å². The maximum Gasteiger partial charge on any atom is 0.265 e. The molecule has 0 saturated carbocycles. The molecular weight excluding hydrogens is 391 g/mol. The van der Waals surface area contributed by atoms with Gasteiger partial charge in [0.05, 0.1) is 10.7 Å². The predicted molar refractivity (Wildman–Crippen MR) is 91.7 cm³/mol. The van der Waals surface area contributed by atoms with Crippen LogP contribution < -0.4 is 14.8 Å². The largest absolute Gasteiger partial charge is 0.482 e. The Labute approximate surface area is 152 Å². The Balaban J connectivity index is 1.87. The van der Waals surface area contributed by atoms with E-state index in [0.717, 1.165) is 6.07 Å². The van der Waals surface area contributed by atoms with Gasteiger partial charge in [-0.15, -0.1) is 0 Å². The molecule has 0 radical (unpaired) electrons. The number of anilines is 1. The number of hydrogen-bond donors (Lipinski definition) is 2. The molecular formula is C15H10Cl2N2O5S. The first-order valence-corrected chi connectivity index (χ1v) is 9.09. The number of fused-ring (bicyclic) bond motifs is 1. The van der Waals surface area contributed by atoms with Crippen LogP contribution in [0.15, 0.2) is 41.3 Å². The van der Waals surface area contributed by atoms with Crippen molar-refractivity contribution in [3.63, 3.8) is 0 Å². The third kappa shape index (κ3) is 3.71. The summed E-state index contributed by atoms with van der Waals surface area (Å²) in [5, 5.41) is 2.66. The molecule has 2 amide bonds. The molecule has 0 saturated heterocycles. The first-order chi connectivity index (χ1) is 11.8. The van der Waals surface area contributed by atoms with E-state index in [4.69, 9.17) is 27.9 Å². The van der Waals surface area contributed by atoms with E-state index in [1.807, 2.05) is 4.72 Å². The molecule has 0 spiro atoms. The Kier molecular flexibility index (Phi) is 4.59. The highest BCUT2D eigenvalue weighted by atomic mass is 35.5. The molecule has 7 nitrogen and oxygen atoms in total. The second kappa shape index (κ2) is 6.55. The molecule has 1 aliphatic rings. The molecule has 0 aliphatic carbocycles. The second-order valence-electron chi connectivity index (χ2n) is 5.06.